The minimum Gasteiger partial charge on any atom is -0.324 e. The van der Waals surface area contributed by atoms with Crippen LogP contribution in [0.2, 0.25) is 5.02 Å². The van der Waals surface area contributed by atoms with Gasteiger partial charge in [-0.25, -0.2) is 15.8 Å². The van der Waals surface area contributed by atoms with Gasteiger partial charge in [0.25, 0.3) is 5.91 Å². The highest BCUT2D eigenvalue weighted by atomic mass is 35.5. The summed E-state index contributed by atoms with van der Waals surface area (Å²) in [6, 6.07) is 9.94. The standard InChI is InChI=1S/C17H13ClN3O4PS2/c18-9-1-4-14-11(5-9)12(7-27-14)16(26(23,24)25)17(22)21(19)10-2-3-13-15(6-10)28-8-20-13/h1-8,16H,19H2,(H2,23,24,25). The first-order valence-corrected chi connectivity index (χ1v) is 11.7. The molecular formula is C17H13ClN3O4PS2. The molecule has 1 atom stereocenters. The average molecular weight is 454 g/mol. The third kappa shape index (κ3) is 3.46. The molecule has 2 aromatic heterocycles. The molecule has 2 aromatic carbocycles. The molecule has 0 radical (unpaired) electrons. The van der Waals surface area contributed by atoms with E-state index in [1.807, 2.05) is 0 Å². The maximum Gasteiger partial charge on any atom is 0.342 e. The highest BCUT2D eigenvalue weighted by molar-refractivity contribution is 7.53. The molecule has 0 bridgehead atoms. The van der Waals surface area contributed by atoms with Gasteiger partial charge in [0.15, 0.2) is 5.66 Å². The van der Waals surface area contributed by atoms with E-state index < -0.39 is 19.2 Å². The van der Waals surface area contributed by atoms with E-state index in [1.165, 1.54) is 22.7 Å². The number of nitrogens with zero attached hydrogens (tertiary/aromatic N) is 2. The van der Waals surface area contributed by atoms with Crippen LogP contribution in [0.25, 0.3) is 20.3 Å². The first kappa shape index (κ1) is 19.5. The summed E-state index contributed by atoms with van der Waals surface area (Å²) < 4.78 is 13.8. The molecule has 0 spiro atoms. The van der Waals surface area contributed by atoms with Gasteiger partial charge >= 0.3 is 7.60 Å². The lowest BCUT2D eigenvalue weighted by atomic mass is 10.1. The number of fused-ring (bicyclic) bond motifs is 2. The number of carbonyl (C=O) groups is 1. The van der Waals surface area contributed by atoms with Gasteiger partial charge in [0.2, 0.25) is 0 Å². The fraction of sp³-hybridized carbons (Fsp3) is 0.0588. The highest BCUT2D eigenvalue weighted by Gasteiger charge is 2.41. The smallest absolute Gasteiger partial charge is 0.324 e. The van der Waals surface area contributed by atoms with E-state index >= 15 is 0 Å². The van der Waals surface area contributed by atoms with Gasteiger partial charge in [-0.1, -0.05) is 11.6 Å². The van der Waals surface area contributed by atoms with Crippen molar-refractivity contribution >= 4 is 73.8 Å². The predicted molar refractivity (Wildman–Crippen MR) is 113 cm³/mol. The van der Waals surface area contributed by atoms with E-state index in [-0.39, 0.29) is 5.56 Å². The molecule has 0 aliphatic heterocycles. The van der Waals surface area contributed by atoms with E-state index in [2.05, 4.69) is 4.98 Å². The van der Waals surface area contributed by atoms with Crippen LogP contribution in [-0.2, 0) is 9.36 Å². The molecule has 4 rings (SSSR count). The van der Waals surface area contributed by atoms with Crippen molar-refractivity contribution < 1.29 is 19.1 Å². The fourth-order valence-corrected chi connectivity index (χ4v) is 5.88. The average Bonchev–Trinajstić information content (AvgIpc) is 3.26. The van der Waals surface area contributed by atoms with Crippen LogP contribution in [0.5, 0.6) is 0 Å². The summed E-state index contributed by atoms with van der Waals surface area (Å²) in [6.45, 7) is 0. The van der Waals surface area contributed by atoms with Gasteiger partial charge in [-0.15, -0.1) is 22.7 Å². The molecule has 1 amide bonds. The van der Waals surface area contributed by atoms with Crippen molar-refractivity contribution in [1.29, 1.82) is 0 Å². The van der Waals surface area contributed by atoms with Crippen LogP contribution in [0.15, 0.2) is 47.3 Å². The monoisotopic (exact) mass is 453 g/mol. The summed E-state index contributed by atoms with van der Waals surface area (Å²) >= 11 is 8.68. The molecule has 2 heterocycles. The number of hydrazine groups is 1. The number of benzene rings is 2. The van der Waals surface area contributed by atoms with Crippen molar-refractivity contribution in [2.75, 3.05) is 5.01 Å². The summed E-state index contributed by atoms with van der Waals surface area (Å²) in [6.07, 6.45) is 0. The molecule has 0 aliphatic carbocycles. The maximum atomic E-state index is 13.1. The number of nitrogens with two attached hydrogens (primary N) is 1. The molecule has 28 heavy (non-hydrogen) atoms. The van der Waals surface area contributed by atoms with Crippen LogP contribution in [0.4, 0.5) is 5.69 Å². The second kappa shape index (κ2) is 7.20. The molecule has 0 aliphatic rings. The van der Waals surface area contributed by atoms with Gasteiger partial charge in [-0.3, -0.25) is 9.36 Å². The second-order valence-corrected chi connectivity index (χ2v) is 9.96. The Bertz CT molecular complexity index is 1250. The molecule has 0 fully saturated rings. The molecule has 0 saturated heterocycles. The Morgan fingerprint density at radius 1 is 1.18 bits per heavy atom. The van der Waals surface area contributed by atoms with E-state index in [4.69, 9.17) is 17.4 Å². The molecule has 4 aromatic rings. The van der Waals surface area contributed by atoms with Crippen molar-refractivity contribution in [3.63, 3.8) is 0 Å². The number of halogens is 1. The Morgan fingerprint density at radius 2 is 1.96 bits per heavy atom. The lowest BCUT2D eigenvalue weighted by molar-refractivity contribution is -0.118. The third-order valence-corrected chi connectivity index (χ3v) is 7.44. The van der Waals surface area contributed by atoms with Crippen LogP contribution in [0, 0.1) is 0 Å². The van der Waals surface area contributed by atoms with Crippen molar-refractivity contribution in [2.24, 2.45) is 5.84 Å². The van der Waals surface area contributed by atoms with Crippen molar-refractivity contribution in [2.45, 2.75) is 5.66 Å². The van der Waals surface area contributed by atoms with Crippen molar-refractivity contribution in [3.8, 4) is 0 Å². The predicted octanol–water partition coefficient (Wildman–Crippen LogP) is 4.29. The van der Waals surface area contributed by atoms with Crippen LogP contribution >= 0.6 is 41.9 Å². The first-order valence-electron chi connectivity index (χ1n) is 7.89. The summed E-state index contributed by atoms with van der Waals surface area (Å²) in [5.74, 6) is 5.07. The van der Waals surface area contributed by atoms with Crippen LogP contribution in [-0.4, -0.2) is 20.7 Å². The lowest BCUT2D eigenvalue weighted by Gasteiger charge is -2.24. The van der Waals surface area contributed by atoms with Gasteiger partial charge in [-0.05, 0) is 52.7 Å². The number of amides is 1. The normalized spacial score (nSPS) is 13.1. The number of anilines is 1. The van der Waals surface area contributed by atoms with Crippen molar-refractivity contribution in [3.05, 3.63) is 57.9 Å². The SMILES string of the molecule is NN(C(=O)C(c1csc2ccc(Cl)cc12)P(=O)(O)O)c1ccc2ncsc2c1. The second-order valence-electron chi connectivity index (χ2n) is 6.04. The number of carbonyl (C=O) groups excluding carboxylic acids is 1. The number of hydrogen-bond acceptors (Lipinski definition) is 6. The Hall–Kier alpha value is -1.84. The summed E-state index contributed by atoms with van der Waals surface area (Å²) in [4.78, 5) is 37.1. The third-order valence-electron chi connectivity index (χ3n) is 4.26. The first-order chi connectivity index (χ1) is 13.3. The van der Waals surface area contributed by atoms with Gasteiger partial charge in [-0.2, -0.15) is 0 Å². The van der Waals surface area contributed by atoms with Crippen LogP contribution < -0.4 is 10.9 Å². The molecule has 144 valence electrons. The number of thiazole rings is 1. The van der Waals surface area contributed by atoms with E-state index in [9.17, 15) is 19.1 Å². The fourth-order valence-electron chi connectivity index (χ4n) is 2.94. The number of hydrogen-bond donors (Lipinski definition) is 3. The van der Waals surface area contributed by atoms with Crippen LogP contribution in [0.1, 0.15) is 11.2 Å². The zero-order chi connectivity index (χ0) is 20.1. The topological polar surface area (TPSA) is 117 Å². The zero-order valence-corrected chi connectivity index (χ0v) is 17.3. The number of rotatable bonds is 4. The number of thiophene rings is 1. The minimum absolute atomic E-state index is 0.204. The Labute approximate surface area is 172 Å². The van der Waals surface area contributed by atoms with Crippen molar-refractivity contribution in [1.82, 2.24) is 4.98 Å². The summed E-state index contributed by atoms with van der Waals surface area (Å²) in [7, 11) is -4.87. The summed E-state index contributed by atoms with van der Waals surface area (Å²) in [5.41, 5.74) is 1.20. The Kier molecular flexibility index (Phi) is 5.01. The Morgan fingerprint density at radius 3 is 2.71 bits per heavy atom. The van der Waals surface area contributed by atoms with Gasteiger partial charge in [0, 0.05) is 9.72 Å². The number of aromatic nitrogens is 1. The largest absolute Gasteiger partial charge is 0.342 e. The molecule has 11 heteroatoms. The van der Waals surface area contributed by atoms with Gasteiger partial charge in [0.1, 0.15) is 0 Å². The van der Waals surface area contributed by atoms with Gasteiger partial charge < -0.3 is 9.79 Å². The molecule has 7 nitrogen and oxygen atoms in total. The van der Waals surface area contributed by atoms with E-state index in [1.54, 1.807) is 47.3 Å². The molecule has 0 saturated carbocycles. The highest BCUT2D eigenvalue weighted by Crippen LogP contribution is 2.55. The molecular weight excluding hydrogens is 441 g/mol. The van der Waals surface area contributed by atoms with E-state index in [0.29, 0.717) is 16.1 Å². The van der Waals surface area contributed by atoms with Crippen LogP contribution in [0.3, 0.4) is 0 Å². The van der Waals surface area contributed by atoms with Gasteiger partial charge in [0.05, 0.1) is 21.4 Å². The minimum atomic E-state index is -4.87. The molecule has 4 N–H and O–H groups in total. The zero-order valence-electron chi connectivity index (χ0n) is 14.0. The quantitative estimate of drug-likeness (QED) is 0.184. The van der Waals surface area contributed by atoms with E-state index in [0.717, 1.165) is 19.9 Å². The summed E-state index contributed by atoms with van der Waals surface area (Å²) in [5, 5.41) is 3.26. The molecule has 1 unspecified atom stereocenters. The lowest BCUT2D eigenvalue weighted by Crippen LogP contribution is -2.40. The maximum absolute atomic E-state index is 13.1. The Balaban J connectivity index is 1.79.